The first kappa shape index (κ1) is 14.8. The van der Waals surface area contributed by atoms with Gasteiger partial charge in [0, 0.05) is 25.9 Å². The van der Waals surface area contributed by atoms with E-state index in [9.17, 15) is 31.4 Å². The zero-order valence-electron chi connectivity index (χ0n) is 9.13. The molecule has 1 unspecified atom stereocenters. The molecule has 0 spiro atoms. The van der Waals surface area contributed by atoms with Crippen molar-refractivity contribution in [3.63, 3.8) is 0 Å². The van der Waals surface area contributed by atoms with Gasteiger partial charge in [0.15, 0.2) is 5.92 Å². The Labute approximate surface area is 98.0 Å². The Kier molecular flexibility index (Phi) is 3.94. The number of nitrogens with zero attached hydrogens (tertiary/aromatic N) is 2. The van der Waals surface area contributed by atoms with Crippen molar-refractivity contribution in [2.45, 2.75) is 24.9 Å². The third-order valence-electron chi connectivity index (χ3n) is 2.40. The van der Waals surface area contributed by atoms with Gasteiger partial charge in [0.25, 0.3) is 0 Å². The fourth-order valence-corrected chi connectivity index (χ4v) is 1.52. The lowest BCUT2D eigenvalue weighted by molar-refractivity contribution is -0.305. The van der Waals surface area contributed by atoms with Crippen LogP contribution in [0, 0.1) is 5.92 Å². The molecule has 0 aliphatic heterocycles. The summed E-state index contributed by atoms with van der Waals surface area (Å²) in [5.41, 5.74) is 0. The maximum atomic E-state index is 12.3. The van der Waals surface area contributed by atoms with E-state index in [1.54, 1.807) is 0 Å². The van der Waals surface area contributed by atoms with E-state index in [1.807, 2.05) is 0 Å². The molecule has 1 rings (SSSR count). The van der Waals surface area contributed by atoms with Crippen molar-refractivity contribution in [1.29, 1.82) is 0 Å². The summed E-state index contributed by atoms with van der Waals surface area (Å²) < 4.78 is 75.0. The summed E-state index contributed by atoms with van der Waals surface area (Å²) in [5.74, 6) is -3.83. The fourth-order valence-electron chi connectivity index (χ4n) is 1.52. The predicted octanol–water partition coefficient (Wildman–Crippen LogP) is 2.06. The molecule has 0 radical (unpaired) electrons. The molecule has 0 aliphatic carbocycles. The highest BCUT2D eigenvalue weighted by Crippen LogP contribution is 2.41. The molecule has 0 bridgehead atoms. The van der Waals surface area contributed by atoms with Gasteiger partial charge in [0.05, 0.1) is 6.10 Å². The third kappa shape index (κ3) is 3.37. The number of aromatic nitrogens is 2. The summed E-state index contributed by atoms with van der Waals surface area (Å²) in [6.45, 7) is 0. The Hall–Kier alpha value is -1.25. The summed E-state index contributed by atoms with van der Waals surface area (Å²) in [4.78, 5) is 3.57. The average molecular weight is 276 g/mol. The molecule has 9 heteroatoms. The lowest BCUT2D eigenvalue weighted by Crippen LogP contribution is -2.45. The number of alkyl halides is 6. The van der Waals surface area contributed by atoms with Crippen LogP contribution in [0.25, 0.3) is 0 Å². The lowest BCUT2D eigenvalue weighted by Gasteiger charge is -2.27. The van der Waals surface area contributed by atoms with E-state index in [0.717, 1.165) is 0 Å². The van der Waals surface area contributed by atoms with Gasteiger partial charge >= 0.3 is 12.4 Å². The van der Waals surface area contributed by atoms with E-state index in [2.05, 4.69) is 4.98 Å². The first-order valence-electron chi connectivity index (χ1n) is 4.81. The van der Waals surface area contributed by atoms with Crippen molar-refractivity contribution in [3.05, 3.63) is 18.2 Å². The number of aryl methyl sites for hydroxylation is 1. The first-order valence-corrected chi connectivity index (χ1v) is 4.81. The highest BCUT2D eigenvalue weighted by atomic mass is 19.4. The Bertz CT molecular complexity index is 382. The van der Waals surface area contributed by atoms with Crippen molar-refractivity contribution in [2.75, 3.05) is 0 Å². The Balaban J connectivity index is 2.91. The molecule has 3 nitrogen and oxygen atoms in total. The highest BCUT2D eigenvalue weighted by molar-refractivity contribution is 4.96. The molecular weight excluding hydrogens is 266 g/mol. The zero-order chi connectivity index (χ0) is 14.1. The van der Waals surface area contributed by atoms with E-state index in [1.165, 1.54) is 24.0 Å². The molecule has 0 fully saturated rings. The monoisotopic (exact) mass is 276 g/mol. The second-order valence-electron chi connectivity index (χ2n) is 3.79. The van der Waals surface area contributed by atoms with Crippen molar-refractivity contribution < 1.29 is 31.4 Å². The van der Waals surface area contributed by atoms with Gasteiger partial charge in [0.1, 0.15) is 5.82 Å². The van der Waals surface area contributed by atoms with Crippen LogP contribution in [-0.2, 0) is 13.5 Å². The molecule has 0 aliphatic rings. The Morgan fingerprint density at radius 3 is 2.06 bits per heavy atom. The fraction of sp³-hybridized carbons (Fsp3) is 0.667. The Morgan fingerprint density at radius 1 is 1.22 bits per heavy atom. The van der Waals surface area contributed by atoms with Crippen LogP contribution in [0.4, 0.5) is 26.3 Å². The van der Waals surface area contributed by atoms with Crippen LogP contribution >= 0.6 is 0 Å². The normalized spacial score (nSPS) is 15.2. The van der Waals surface area contributed by atoms with E-state index >= 15 is 0 Å². The molecule has 0 saturated carbocycles. The summed E-state index contributed by atoms with van der Waals surface area (Å²) in [6.07, 6.45) is -12.0. The van der Waals surface area contributed by atoms with E-state index in [4.69, 9.17) is 0 Å². The molecule has 1 heterocycles. The van der Waals surface area contributed by atoms with Gasteiger partial charge in [-0.1, -0.05) is 0 Å². The SMILES string of the molecule is Cn1ccnc1CC(O)C(C(F)(F)F)C(F)(F)F. The highest BCUT2D eigenvalue weighted by Gasteiger charge is 2.60. The van der Waals surface area contributed by atoms with Crippen molar-refractivity contribution in [3.8, 4) is 0 Å². The maximum absolute atomic E-state index is 12.3. The number of halogens is 6. The number of aliphatic hydroxyl groups excluding tert-OH is 1. The Morgan fingerprint density at radius 2 is 1.72 bits per heavy atom. The number of hydrogen-bond donors (Lipinski definition) is 1. The van der Waals surface area contributed by atoms with Gasteiger partial charge in [-0.25, -0.2) is 4.98 Å². The van der Waals surface area contributed by atoms with Crippen LogP contribution in [0.3, 0.4) is 0 Å². The zero-order valence-corrected chi connectivity index (χ0v) is 9.13. The quantitative estimate of drug-likeness (QED) is 0.858. The molecule has 0 aromatic carbocycles. The summed E-state index contributed by atoms with van der Waals surface area (Å²) in [5, 5.41) is 9.18. The number of aliphatic hydroxyl groups is 1. The van der Waals surface area contributed by atoms with Gasteiger partial charge in [-0.15, -0.1) is 0 Å². The van der Waals surface area contributed by atoms with Crippen LogP contribution in [0.15, 0.2) is 12.4 Å². The van der Waals surface area contributed by atoms with Crippen LogP contribution in [-0.4, -0.2) is 33.1 Å². The van der Waals surface area contributed by atoms with E-state index in [-0.39, 0.29) is 5.82 Å². The second-order valence-corrected chi connectivity index (χ2v) is 3.79. The van der Waals surface area contributed by atoms with Crippen molar-refractivity contribution in [1.82, 2.24) is 9.55 Å². The summed E-state index contributed by atoms with van der Waals surface area (Å²) in [7, 11) is 1.41. The topological polar surface area (TPSA) is 38.0 Å². The maximum Gasteiger partial charge on any atom is 0.403 e. The standard InChI is InChI=1S/C9H10F6N2O/c1-17-3-2-16-6(17)4-5(18)7(8(10,11)12)9(13,14)15/h2-3,5,7,18H,4H2,1H3. The van der Waals surface area contributed by atoms with E-state index in [0.29, 0.717) is 0 Å². The van der Waals surface area contributed by atoms with Crippen LogP contribution in [0.2, 0.25) is 0 Å². The molecule has 1 atom stereocenters. The van der Waals surface area contributed by atoms with E-state index < -0.39 is 30.8 Å². The summed E-state index contributed by atoms with van der Waals surface area (Å²) in [6, 6.07) is 0. The number of rotatable bonds is 3. The van der Waals surface area contributed by atoms with Crippen LogP contribution in [0.5, 0.6) is 0 Å². The minimum atomic E-state index is -5.55. The number of imidazole rings is 1. The molecule has 0 saturated heterocycles. The number of hydrogen-bond acceptors (Lipinski definition) is 2. The second kappa shape index (κ2) is 4.79. The van der Waals surface area contributed by atoms with Gasteiger partial charge in [-0.3, -0.25) is 0 Å². The van der Waals surface area contributed by atoms with Gasteiger partial charge in [0.2, 0.25) is 0 Å². The average Bonchev–Trinajstić information content (AvgIpc) is 2.45. The predicted molar refractivity (Wildman–Crippen MR) is 48.5 cm³/mol. The molecule has 1 N–H and O–H groups in total. The van der Waals surface area contributed by atoms with Crippen LogP contribution < -0.4 is 0 Å². The third-order valence-corrected chi connectivity index (χ3v) is 2.40. The smallest absolute Gasteiger partial charge is 0.392 e. The van der Waals surface area contributed by atoms with Crippen molar-refractivity contribution in [2.24, 2.45) is 13.0 Å². The van der Waals surface area contributed by atoms with Gasteiger partial charge < -0.3 is 9.67 Å². The summed E-state index contributed by atoms with van der Waals surface area (Å²) >= 11 is 0. The van der Waals surface area contributed by atoms with Crippen molar-refractivity contribution >= 4 is 0 Å². The van der Waals surface area contributed by atoms with Gasteiger partial charge in [-0.05, 0) is 0 Å². The lowest BCUT2D eigenvalue weighted by atomic mass is 9.98. The molecule has 104 valence electrons. The molecule has 18 heavy (non-hydrogen) atoms. The molecule has 0 amide bonds. The van der Waals surface area contributed by atoms with Gasteiger partial charge in [-0.2, -0.15) is 26.3 Å². The van der Waals surface area contributed by atoms with Crippen LogP contribution in [0.1, 0.15) is 5.82 Å². The minimum absolute atomic E-state index is 0.0546. The molecular formula is C9H10F6N2O. The molecule has 1 aromatic rings. The minimum Gasteiger partial charge on any atom is -0.392 e. The first-order chi connectivity index (χ1) is 8.03. The molecule has 1 aromatic heterocycles. The largest absolute Gasteiger partial charge is 0.403 e.